The van der Waals surface area contributed by atoms with Crippen molar-refractivity contribution in [1.29, 1.82) is 0 Å². The van der Waals surface area contributed by atoms with Crippen molar-refractivity contribution in [3.8, 4) is 0 Å². The Morgan fingerprint density at radius 1 is 0.833 bits per heavy atom. The Morgan fingerprint density at radius 3 is 1.67 bits per heavy atom. The first-order valence-corrected chi connectivity index (χ1v) is 4.44. The third kappa shape index (κ3) is 1.47. The summed E-state index contributed by atoms with van der Waals surface area (Å²) in [6.07, 6.45) is 1.73. The largest absolute Gasteiger partial charge is 0.364 e. The van der Waals surface area contributed by atoms with Gasteiger partial charge in [-0.25, -0.2) is 0 Å². The summed E-state index contributed by atoms with van der Waals surface area (Å²) in [6.45, 7) is 0. The van der Waals surface area contributed by atoms with E-state index in [1.807, 2.05) is 0 Å². The normalized spacial score (nSPS) is 48.5. The van der Waals surface area contributed by atoms with E-state index >= 15 is 0 Å². The van der Waals surface area contributed by atoms with E-state index in [9.17, 15) is 0 Å². The number of hydrogen-bond acceptors (Lipinski definition) is 4. The third-order valence-electron chi connectivity index (χ3n) is 2.51. The predicted molar refractivity (Wildman–Crippen MR) is 40.2 cm³/mol. The molecule has 12 heavy (non-hydrogen) atoms. The lowest BCUT2D eigenvalue weighted by atomic mass is 9.94. The summed E-state index contributed by atoms with van der Waals surface area (Å²) in [4.78, 5) is 0. The quantitative estimate of drug-likeness (QED) is 0.542. The summed E-state index contributed by atoms with van der Waals surface area (Å²) < 4.78 is 10.4. The van der Waals surface area contributed by atoms with Gasteiger partial charge in [-0.2, -0.15) is 0 Å². The summed E-state index contributed by atoms with van der Waals surface area (Å²) >= 11 is 0. The Bertz CT molecular complexity index is 143. The van der Waals surface area contributed by atoms with Crippen LogP contribution in [0.5, 0.6) is 0 Å². The van der Waals surface area contributed by atoms with E-state index in [2.05, 4.69) is 0 Å². The van der Waals surface area contributed by atoms with Gasteiger partial charge >= 0.3 is 0 Å². The van der Waals surface area contributed by atoms with E-state index < -0.39 is 12.6 Å². The maximum Gasteiger partial charge on any atom is 0.207 e. The number of rotatable bonds is 0. The van der Waals surface area contributed by atoms with Gasteiger partial charge in [0, 0.05) is 0 Å². The van der Waals surface area contributed by atoms with Crippen LogP contribution in [0.25, 0.3) is 0 Å². The van der Waals surface area contributed by atoms with Gasteiger partial charge in [0.25, 0.3) is 0 Å². The monoisotopic (exact) mass is 174 g/mol. The Balaban J connectivity index is 1.98. The molecule has 0 amide bonds. The average molecular weight is 174 g/mol. The van der Waals surface area contributed by atoms with Gasteiger partial charge in [-0.15, -0.1) is 0 Å². The summed E-state index contributed by atoms with van der Waals surface area (Å²) in [5.41, 5.74) is 0. The molecule has 4 atom stereocenters. The Kier molecular flexibility index (Phi) is 2.32. The van der Waals surface area contributed by atoms with Gasteiger partial charge in [0.05, 0.1) is 12.2 Å². The van der Waals surface area contributed by atoms with Gasteiger partial charge in [-0.05, 0) is 12.8 Å². The highest BCUT2D eigenvalue weighted by Crippen LogP contribution is 2.29. The minimum atomic E-state index is -1.16. The third-order valence-corrected chi connectivity index (χ3v) is 2.51. The fourth-order valence-corrected chi connectivity index (χ4v) is 1.87. The van der Waals surface area contributed by atoms with Crippen molar-refractivity contribution in [2.75, 3.05) is 0 Å². The second kappa shape index (κ2) is 3.30. The lowest BCUT2D eigenvalue weighted by molar-refractivity contribution is -0.343. The summed E-state index contributed by atoms with van der Waals surface area (Å²) in [5, 5.41) is 18.2. The zero-order valence-electron chi connectivity index (χ0n) is 6.85. The fraction of sp³-hybridized carbons (Fsp3) is 1.00. The average Bonchev–Trinajstić information content (AvgIpc) is 2.07. The lowest BCUT2D eigenvalue weighted by Gasteiger charge is -2.39. The van der Waals surface area contributed by atoms with E-state index in [1.165, 1.54) is 0 Å². The predicted octanol–water partition coefficient (Wildman–Crippen LogP) is -0.0188. The molecule has 0 aromatic carbocycles. The van der Waals surface area contributed by atoms with Crippen molar-refractivity contribution in [2.24, 2.45) is 0 Å². The molecule has 4 heteroatoms. The minimum absolute atomic E-state index is 0.0165. The first-order valence-electron chi connectivity index (χ1n) is 4.44. The van der Waals surface area contributed by atoms with Crippen LogP contribution in [-0.2, 0) is 9.47 Å². The zero-order valence-corrected chi connectivity index (χ0v) is 6.85. The maximum atomic E-state index is 9.12. The molecule has 1 aliphatic carbocycles. The van der Waals surface area contributed by atoms with Crippen molar-refractivity contribution >= 4 is 0 Å². The van der Waals surface area contributed by atoms with Crippen LogP contribution >= 0.6 is 0 Å². The number of aliphatic hydroxyl groups excluding tert-OH is 2. The molecular formula is C8H14O4. The van der Waals surface area contributed by atoms with Crippen molar-refractivity contribution < 1.29 is 19.7 Å². The molecule has 1 aliphatic heterocycles. The Morgan fingerprint density at radius 2 is 1.25 bits per heavy atom. The van der Waals surface area contributed by atoms with E-state index in [0.717, 1.165) is 25.7 Å². The van der Waals surface area contributed by atoms with E-state index in [1.54, 1.807) is 0 Å². The lowest BCUT2D eigenvalue weighted by Crippen LogP contribution is -2.50. The van der Waals surface area contributed by atoms with Crippen LogP contribution in [0.2, 0.25) is 0 Å². The van der Waals surface area contributed by atoms with Crippen LogP contribution < -0.4 is 0 Å². The molecule has 1 saturated carbocycles. The second-order valence-corrected chi connectivity index (χ2v) is 3.41. The smallest absolute Gasteiger partial charge is 0.207 e. The first kappa shape index (κ1) is 8.44. The van der Waals surface area contributed by atoms with E-state index in [4.69, 9.17) is 19.7 Å². The van der Waals surface area contributed by atoms with Crippen LogP contribution in [0.1, 0.15) is 25.7 Å². The topological polar surface area (TPSA) is 58.9 Å². The van der Waals surface area contributed by atoms with Crippen molar-refractivity contribution in [3.63, 3.8) is 0 Å². The Hall–Kier alpha value is -0.160. The molecule has 70 valence electrons. The van der Waals surface area contributed by atoms with Gasteiger partial charge in [0.15, 0.2) is 0 Å². The van der Waals surface area contributed by atoms with Crippen LogP contribution in [0.3, 0.4) is 0 Å². The first-order chi connectivity index (χ1) is 5.77. The molecule has 0 aromatic rings. The van der Waals surface area contributed by atoms with Gasteiger partial charge in [0.1, 0.15) is 0 Å². The zero-order chi connectivity index (χ0) is 8.55. The molecule has 2 aliphatic rings. The molecule has 0 spiro atoms. The van der Waals surface area contributed by atoms with Crippen molar-refractivity contribution in [3.05, 3.63) is 0 Å². The van der Waals surface area contributed by atoms with Gasteiger partial charge in [0.2, 0.25) is 12.6 Å². The SMILES string of the molecule is O[C@@H]1O[C@H]2CCCC[C@@H]2O[C@@H]1O. The summed E-state index contributed by atoms with van der Waals surface area (Å²) in [6, 6.07) is 0. The van der Waals surface area contributed by atoms with Crippen LogP contribution in [0.15, 0.2) is 0 Å². The summed E-state index contributed by atoms with van der Waals surface area (Å²) in [7, 11) is 0. The molecule has 2 rings (SSSR count). The molecule has 4 nitrogen and oxygen atoms in total. The highest BCUT2D eigenvalue weighted by atomic mass is 16.7. The van der Waals surface area contributed by atoms with Crippen LogP contribution in [0, 0.1) is 0 Å². The van der Waals surface area contributed by atoms with E-state index in [0.29, 0.717) is 0 Å². The fourth-order valence-electron chi connectivity index (χ4n) is 1.87. The number of aliphatic hydroxyl groups is 2. The molecule has 2 fully saturated rings. The molecular weight excluding hydrogens is 160 g/mol. The molecule has 0 bridgehead atoms. The van der Waals surface area contributed by atoms with Gasteiger partial charge in [-0.1, -0.05) is 12.8 Å². The standard InChI is InChI=1S/C8H14O4/c9-7-8(10)12-6-4-2-1-3-5(6)11-7/h5-10H,1-4H2/t5-,6-,7-,8+/m0/s1. The number of fused-ring (bicyclic) bond motifs is 1. The maximum absolute atomic E-state index is 9.12. The van der Waals surface area contributed by atoms with E-state index in [-0.39, 0.29) is 12.2 Å². The minimum Gasteiger partial charge on any atom is -0.364 e. The summed E-state index contributed by atoms with van der Waals surface area (Å²) in [5.74, 6) is 0. The molecule has 2 N–H and O–H groups in total. The molecule has 1 saturated heterocycles. The molecule has 0 aromatic heterocycles. The van der Waals surface area contributed by atoms with Gasteiger partial charge < -0.3 is 19.7 Å². The van der Waals surface area contributed by atoms with Crippen LogP contribution in [-0.4, -0.2) is 35.0 Å². The number of hydrogen-bond donors (Lipinski definition) is 2. The number of ether oxygens (including phenoxy) is 2. The van der Waals surface area contributed by atoms with Crippen molar-refractivity contribution in [1.82, 2.24) is 0 Å². The molecule has 0 radical (unpaired) electrons. The van der Waals surface area contributed by atoms with Gasteiger partial charge in [-0.3, -0.25) is 0 Å². The second-order valence-electron chi connectivity index (χ2n) is 3.41. The highest BCUT2D eigenvalue weighted by molar-refractivity contribution is 4.80. The highest BCUT2D eigenvalue weighted by Gasteiger charge is 2.38. The molecule has 1 heterocycles. The Labute approximate surface area is 71.1 Å². The molecule has 0 unspecified atom stereocenters. The van der Waals surface area contributed by atoms with Crippen LogP contribution in [0.4, 0.5) is 0 Å². The van der Waals surface area contributed by atoms with Crippen molar-refractivity contribution in [2.45, 2.75) is 50.5 Å².